The zero-order valence-corrected chi connectivity index (χ0v) is 12.8. The highest BCUT2D eigenvalue weighted by Crippen LogP contribution is 2.30. The summed E-state index contributed by atoms with van der Waals surface area (Å²) in [5.74, 6) is 1.52. The van der Waals surface area contributed by atoms with Crippen molar-refractivity contribution in [2.24, 2.45) is 12.8 Å². The minimum atomic E-state index is 0.324. The molecule has 106 valence electrons. The van der Waals surface area contributed by atoms with Crippen LogP contribution in [0.15, 0.2) is 18.2 Å². The third-order valence-electron chi connectivity index (χ3n) is 3.08. The van der Waals surface area contributed by atoms with Gasteiger partial charge in [0, 0.05) is 7.05 Å². The van der Waals surface area contributed by atoms with Gasteiger partial charge < -0.3 is 15.8 Å². The van der Waals surface area contributed by atoms with Crippen molar-refractivity contribution in [3.63, 3.8) is 0 Å². The molecule has 2 rings (SSSR count). The lowest BCUT2D eigenvalue weighted by Crippen LogP contribution is -2.13. The van der Waals surface area contributed by atoms with Gasteiger partial charge in [-0.05, 0) is 31.5 Å². The predicted octanol–water partition coefficient (Wildman–Crippen LogP) is 2.42. The van der Waals surface area contributed by atoms with E-state index in [1.807, 2.05) is 39.1 Å². The molecular formula is C14H18N4OS. The van der Waals surface area contributed by atoms with E-state index in [1.165, 1.54) is 0 Å². The molecule has 1 aromatic heterocycles. The minimum Gasteiger partial charge on any atom is -0.495 e. The van der Waals surface area contributed by atoms with Gasteiger partial charge in [-0.2, -0.15) is 5.10 Å². The zero-order chi connectivity index (χ0) is 14.9. The van der Waals surface area contributed by atoms with Gasteiger partial charge in [0.25, 0.3) is 0 Å². The Hall–Kier alpha value is -2.08. The maximum Gasteiger partial charge on any atom is 0.142 e. The first-order chi connectivity index (χ1) is 9.43. The molecule has 0 unspecified atom stereocenters. The Bertz CT molecular complexity index is 663. The van der Waals surface area contributed by atoms with Crippen LogP contribution >= 0.6 is 12.2 Å². The van der Waals surface area contributed by atoms with E-state index in [0.717, 1.165) is 34.1 Å². The topological polar surface area (TPSA) is 65.1 Å². The highest BCUT2D eigenvalue weighted by Gasteiger charge is 2.17. The maximum absolute atomic E-state index is 5.79. The molecule has 1 aromatic carbocycles. The summed E-state index contributed by atoms with van der Waals surface area (Å²) in [6.45, 7) is 3.90. The van der Waals surface area contributed by atoms with Crippen LogP contribution in [0.25, 0.3) is 0 Å². The average molecular weight is 290 g/mol. The van der Waals surface area contributed by atoms with Gasteiger partial charge in [-0.3, -0.25) is 4.68 Å². The second kappa shape index (κ2) is 5.50. The van der Waals surface area contributed by atoms with Crippen LogP contribution in [0.5, 0.6) is 5.75 Å². The Morgan fingerprint density at radius 2 is 2.10 bits per heavy atom. The second-order valence-electron chi connectivity index (χ2n) is 4.63. The van der Waals surface area contributed by atoms with Gasteiger partial charge in [0.15, 0.2) is 0 Å². The monoisotopic (exact) mass is 290 g/mol. The molecule has 0 bridgehead atoms. The van der Waals surface area contributed by atoms with Crippen LogP contribution in [0.3, 0.4) is 0 Å². The number of anilines is 2. The molecular weight excluding hydrogens is 272 g/mol. The first-order valence-electron chi connectivity index (χ1n) is 6.19. The van der Waals surface area contributed by atoms with E-state index in [0.29, 0.717) is 4.99 Å². The summed E-state index contributed by atoms with van der Waals surface area (Å²) < 4.78 is 7.09. The van der Waals surface area contributed by atoms with Crippen molar-refractivity contribution in [2.45, 2.75) is 13.8 Å². The van der Waals surface area contributed by atoms with Crippen LogP contribution in [-0.4, -0.2) is 21.9 Å². The second-order valence-corrected chi connectivity index (χ2v) is 5.07. The van der Waals surface area contributed by atoms with Gasteiger partial charge in [-0.1, -0.05) is 18.3 Å². The fourth-order valence-corrected chi connectivity index (χ4v) is 2.39. The summed E-state index contributed by atoms with van der Waals surface area (Å²) >= 11 is 5.11. The highest BCUT2D eigenvalue weighted by atomic mass is 32.1. The molecule has 20 heavy (non-hydrogen) atoms. The van der Waals surface area contributed by atoms with E-state index in [-0.39, 0.29) is 0 Å². The Morgan fingerprint density at radius 3 is 2.70 bits per heavy atom. The Balaban J connectivity index is 2.50. The fourth-order valence-electron chi connectivity index (χ4n) is 2.14. The molecule has 0 spiro atoms. The number of benzene rings is 1. The van der Waals surface area contributed by atoms with Crippen molar-refractivity contribution in [3.8, 4) is 5.75 Å². The molecule has 0 saturated heterocycles. The van der Waals surface area contributed by atoms with Gasteiger partial charge in [0.2, 0.25) is 0 Å². The molecule has 0 amide bonds. The lowest BCUT2D eigenvalue weighted by atomic mass is 10.2. The van der Waals surface area contributed by atoms with Crippen molar-refractivity contribution in [1.29, 1.82) is 0 Å². The van der Waals surface area contributed by atoms with E-state index >= 15 is 0 Å². The number of aromatic nitrogens is 2. The molecule has 0 radical (unpaired) electrons. The molecule has 0 saturated carbocycles. The molecule has 5 nitrogen and oxygen atoms in total. The van der Waals surface area contributed by atoms with Gasteiger partial charge in [0.1, 0.15) is 16.6 Å². The molecule has 0 aliphatic carbocycles. The van der Waals surface area contributed by atoms with Crippen LogP contribution in [0.4, 0.5) is 11.5 Å². The maximum atomic E-state index is 5.79. The SMILES string of the molecule is COc1ccc(C)cc1Nc1c(C(N)=S)c(C)nn1C. The summed E-state index contributed by atoms with van der Waals surface area (Å²) in [5.41, 5.74) is 9.33. The number of hydrogen-bond donors (Lipinski definition) is 2. The summed E-state index contributed by atoms with van der Waals surface area (Å²) in [4.78, 5) is 0.324. The Labute approximate surface area is 123 Å². The van der Waals surface area contributed by atoms with E-state index in [2.05, 4.69) is 10.4 Å². The molecule has 0 fully saturated rings. The number of thiocarbonyl (C=S) groups is 1. The smallest absolute Gasteiger partial charge is 0.142 e. The molecule has 0 aliphatic rings. The van der Waals surface area contributed by atoms with Crippen molar-refractivity contribution >= 4 is 28.7 Å². The zero-order valence-electron chi connectivity index (χ0n) is 12.0. The van der Waals surface area contributed by atoms with E-state index in [1.54, 1.807) is 11.8 Å². The van der Waals surface area contributed by atoms with Gasteiger partial charge in [0.05, 0.1) is 24.1 Å². The lowest BCUT2D eigenvalue weighted by Gasteiger charge is -2.13. The quantitative estimate of drug-likeness (QED) is 0.847. The van der Waals surface area contributed by atoms with Crippen LogP contribution in [0, 0.1) is 13.8 Å². The summed E-state index contributed by atoms with van der Waals surface area (Å²) in [6.07, 6.45) is 0. The van der Waals surface area contributed by atoms with Crippen LogP contribution in [0.1, 0.15) is 16.8 Å². The van der Waals surface area contributed by atoms with E-state index < -0.39 is 0 Å². The normalized spacial score (nSPS) is 10.4. The first-order valence-corrected chi connectivity index (χ1v) is 6.60. The number of nitrogens with two attached hydrogens (primary N) is 1. The fraction of sp³-hybridized carbons (Fsp3) is 0.286. The standard InChI is InChI=1S/C14H18N4OS/c1-8-5-6-11(19-4)10(7-8)16-14-12(13(15)20)9(2)17-18(14)3/h5-7,16H,1-4H3,(H2,15,20). The van der Waals surface area contributed by atoms with Crippen LogP contribution in [0.2, 0.25) is 0 Å². The number of nitrogens with one attached hydrogen (secondary N) is 1. The summed E-state index contributed by atoms with van der Waals surface area (Å²) in [5, 5.41) is 7.66. The predicted molar refractivity (Wildman–Crippen MR) is 84.8 cm³/mol. The molecule has 0 atom stereocenters. The summed E-state index contributed by atoms with van der Waals surface area (Å²) in [6, 6.07) is 5.92. The third kappa shape index (κ3) is 2.60. The van der Waals surface area contributed by atoms with Crippen molar-refractivity contribution in [3.05, 3.63) is 35.0 Å². The van der Waals surface area contributed by atoms with Gasteiger partial charge in [-0.15, -0.1) is 0 Å². The molecule has 2 aromatic rings. The molecule has 3 N–H and O–H groups in total. The van der Waals surface area contributed by atoms with Crippen LogP contribution < -0.4 is 15.8 Å². The molecule has 1 heterocycles. The highest BCUT2D eigenvalue weighted by molar-refractivity contribution is 7.80. The summed E-state index contributed by atoms with van der Waals surface area (Å²) in [7, 11) is 3.48. The van der Waals surface area contributed by atoms with Gasteiger partial charge >= 0.3 is 0 Å². The van der Waals surface area contributed by atoms with Crippen LogP contribution in [-0.2, 0) is 7.05 Å². The average Bonchev–Trinajstić information content (AvgIpc) is 2.64. The Morgan fingerprint density at radius 1 is 1.40 bits per heavy atom. The molecule has 0 aliphatic heterocycles. The van der Waals surface area contributed by atoms with Gasteiger partial charge in [-0.25, -0.2) is 0 Å². The number of methoxy groups -OCH3 is 1. The minimum absolute atomic E-state index is 0.324. The largest absolute Gasteiger partial charge is 0.495 e. The van der Waals surface area contributed by atoms with Crippen molar-refractivity contribution in [2.75, 3.05) is 12.4 Å². The molecule has 6 heteroatoms. The third-order valence-corrected chi connectivity index (χ3v) is 3.28. The number of ether oxygens (including phenoxy) is 1. The van der Waals surface area contributed by atoms with E-state index in [4.69, 9.17) is 22.7 Å². The van der Waals surface area contributed by atoms with Crippen molar-refractivity contribution < 1.29 is 4.74 Å². The number of rotatable bonds is 4. The van der Waals surface area contributed by atoms with E-state index in [9.17, 15) is 0 Å². The first kappa shape index (κ1) is 14.3. The van der Waals surface area contributed by atoms with Crippen molar-refractivity contribution in [1.82, 2.24) is 9.78 Å². The Kier molecular flexibility index (Phi) is 3.94. The number of nitrogens with zero attached hydrogens (tertiary/aromatic N) is 2. The number of aryl methyl sites for hydroxylation is 3. The lowest BCUT2D eigenvalue weighted by molar-refractivity contribution is 0.416. The number of hydrogen-bond acceptors (Lipinski definition) is 4.